The fourth-order valence-electron chi connectivity index (χ4n) is 2.20. The summed E-state index contributed by atoms with van der Waals surface area (Å²) in [6, 6.07) is 0. The Morgan fingerprint density at radius 1 is 1.71 bits per heavy atom. The summed E-state index contributed by atoms with van der Waals surface area (Å²) in [5, 5.41) is 0. The fourth-order valence-corrected chi connectivity index (χ4v) is 2.20. The maximum atomic E-state index is 5.84. The molecule has 0 spiro atoms. The van der Waals surface area contributed by atoms with Crippen molar-refractivity contribution in [3.05, 3.63) is 12.7 Å². The molecule has 1 unspecified atom stereocenters. The molecule has 0 fully saturated rings. The topological polar surface area (TPSA) is 41.6 Å². The molecule has 2 N–H and O–H groups in total. The zero-order valence-corrected chi connectivity index (χ0v) is 9.45. The first-order valence-corrected chi connectivity index (χ1v) is 5.18. The Morgan fingerprint density at radius 2 is 2.36 bits per heavy atom. The van der Waals surface area contributed by atoms with E-state index in [9.17, 15) is 0 Å². The van der Waals surface area contributed by atoms with E-state index in [-0.39, 0.29) is 5.54 Å². The van der Waals surface area contributed by atoms with Gasteiger partial charge in [0.05, 0.1) is 12.1 Å². The van der Waals surface area contributed by atoms with Crippen molar-refractivity contribution < 1.29 is 0 Å². The number of hydrogen-bond donors (Lipinski definition) is 1. The maximum Gasteiger partial charge on any atom is 0.192 e. The van der Waals surface area contributed by atoms with Crippen LogP contribution < -0.4 is 5.73 Å². The molecule has 0 aliphatic carbocycles. The van der Waals surface area contributed by atoms with Gasteiger partial charge < -0.3 is 10.6 Å². The van der Waals surface area contributed by atoms with Gasteiger partial charge in [-0.05, 0) is 19.3 Å². The van der Waals surface area contributed by atoms with Gasteiger partial charge in [0.1, 0.15) is 0 Å². The summed E-state index contributed by atoms with van der Waals surface area (Å²) in [7, 11) is 0. The van der Waals surface area contributed by atoms with E-state index in [0.717, 1.165) is 19.5 Å². The molecule has 0 saturated carbocycles. The molecule has 0 aromatic rings. The average molecular weight is 195 g/mol. The Bertz CT molecular complexity index is 245. The van der Waals surface area contributed by atoms with E-state index in [4.69, 9.17) is 5.73 Å². The molecule has 0 amide bonds. The zero-order valence-electron chi connectivity index (χ0n) is 9.45. The first-order valence-electron chi connectivity index (χ1n) is 5.18. The third kappa shape index (κ3) is 2.08. The molecule has 3 nitrogen and oxygen atoms in total. The lowest BCUT2D eigenvalue weighted by atomic mass is 9.90. The van der Waals surface area contributed by atoms with E-state index in [1.54, 1.807) is 0 Å². The van der Waals surface area contributed by atoms with E-state index < -0.39 is 0 Å². The second-order valence-electron chi connectivity index (χ2n) is 4.67. The summed E-state index contributed by atoms with van der Waals surface area (Å²) in [5.74, 6) is 1.32. The minimum absolute atomic E-state index is 0.0897. The van der Waals surface area contributed by atoms with Gasteiger partial charge in [0.2, 0.25) is 0 Å². The largest absolute Gasteiger partial charge is 0.370 e. The van der Waals surface area contributed by atoms with Gasteiger partial charge in [-0.2, -0.15) is 0 Å². The van der Waals surface area contributed by atoms with Gasteiger partial charge in [-0.25, -0.2) is 0 Å². The Hall–Kier alpha value is -0.990. The first-order chi connectivity index (χ1) is 6.49. The van der Waals surface area contributed by atoms with E-state index in [1.807, 2.05) is 6.08 Å². The van der Waals surface area contributed by atoms with Crippen molar-refractivity contribution in [1.29, 1.82) is 0 Å². The lowest BCUT2D eigenvalue weighted by Crippen LogP contribution is -2.50. The highest BCUT2D eigenvalue weighted by atomic mass is 15.3. The second kappa shape index (κ2) is 4.03. The third-order valence-electron chi connectivity index (χ3n) is 2.67. The predicted molar refractivity (Wildman–Crippen MR) is 61.3 cm³/mol. The molecule has 1 rings (SSSR count). The van der Waals surface area contributed by atoms with Crippen molar-refractivity contribution in [2.24, 2.45) is 16.6 Å². The summed E-state index contributed by atoms with van der Waals surface area (Å²) in [4.78, 5) is 6.47. The first kappa shape index (κ1) is 11.1. The number of rotatable bonds is 4. The molecule has 0 saturated heterocycles. The molecule has 0 aromatic carbocycles. The number of nitrogens with zero attached hydrogens (tertiary/aromatic N) is 2. The van der Waals surface area contributed by atoms with Crippen molar-refractivity contribution in [2.45, 2.75) is 32.7 Å². The lowest BCUT2D eigenvalue weighted by Gasteiger charge is -2.36. The molecule has 0 aromatic heterocycles. The van der Waals surface area contributed by atoms with Crippen LogP contribution in [0.25, 0.3) is 0 Å². The molecule has 0 radical (unpaired) electrons. The van der Waals surface area contributed by atoms with Crippen LogP contribution in [0.1, 0.15) is 27.2 Å². The normalized spacial score (nSPS) is 26.9. The maximum absolute atomic E-state index is 5.84. The molecule has 1 heterocycles. The molecular weight excluding hydrogens is 174 g/mol. The number of aliphatic imine (C=N–C) groups is 1. The molecule has 0 bridgehead atoms. The van der Waals surface area contributed by atoms with E-state index in [2.05, 4.69) is 37.2 Å². The quantitative estimate of drug-likeness (QED) is 0.692. The van der Waals surface area contributed by atoms with Gasteiger partial charge in [0.25, 0.3) is 0 Å². The predicted octanol–water partition coefficient (Wildman–Crippen LogP) is 1.61. The van der Waals surface area contributed by atoms with Crippen LogP contribution in [0.5, 0.6) is 0 Å². The van der Waals surface area contributed by atoms with Crippen molar-refractivity contribution in [2.75, 3.05) is 13.1 Å². The number of guanidine groups is 1. The van der Waals surface area contributed by atoms with E-state index >= 15 is 0 Å². The molecule has 14 heavy (non-hydrogen) atoms. The Labute approximate surface area is 86.7 Å². The van der Waals surface area contributed by atoms with Crippen LogP contribution in [-0.2, 0) is 0 Å². The van der Waals surface area contributed by atoms with Gasteiger partial charge in [0.15, 0.2) is 5.96 Å². The average Bonchev–Trinajstić information content (AvgIpc) is 2.32. The minimum Gasteiger partial charge on any atom is -0.370 e. The smallest absolute Gasteiger partial charge is 0.192 e. The van der Waals surface area contributed by atoms with Gasteiger partial charge >= 0.3 is 0 Å². The van der Waals surface area contributed by atoms with Crippen LogP contribution in [0.15, 0.2) is 17.6 Å². The van der Waals surface area contributed by atoms with Crippen molar-refractivity contribution in [3.8, 4) is 0 Å². The van der Waals surface area contributed by atoms with E-state index in [0.29, 0.717) is 11.9 Å². The lowest BCUT2D eigenvalue weighted by molar-refractivity contribution is 0.201. The Balaban J connectivity index is 2.74. The van der Waals surface area contributed by atoms with Crippen molar-refractivity contribution in [1.82, 2.24) is 4.90 Å². The number of hydrogen-bond acceptors (Lipinski definition) is 3. The SMILES string of the molecule is C=CCN1C(N)=NCC1(C)CC(C)C. The molecule has 1 atom stereocenters. The van der Waals surface area contributed by atoms with Crippen LogP contribution in [0.4, 0.5) is 0 Å². The van der Waals surface area contributed by atoms with Crippen molar-refractivity contribution in [3.63, 3.8) is 0 Å². The van der Waals surface area contributed by atoms with Crippen LogP contribution in [0, 0.1) is 5.92 Å². The summed E-state index contributed by atoms with van der Waals surface area (Å²) in [5.41, 5.74) is 5.93. The highest BCUT2D eigenvalue weighted by Crippen LogP contribution is 2.28. The highest BCUT2D eigenvalue weighted by Gasteiger charge is 2.37. The minimum atomic E-state index is 0.0897. The molecule has 1 aliphatic heterocycles. The van der Waals surface area contributed by atoms with Crippen LogP contribution in [0.3, 0.4) is 0 Å². The van der Waals surface area contributed by atoms with Gasteiger partial charge in [-0.15, -0.1) is 6.58 Å². The Kier molecular flexibility index (Phi) is 3.19. The van der Waals surface area contributed by atoms with Gasteiger partial charge in [-0.1, -0.05) is 19.9 Å². The second-order valence-corrected chi connectivity index (χ2v) is 4.67. The molecular formula is C11H21N3. The summed E-state index contributed by atoms with van der Waals surface area (Å²) < 4.78 is 0. The van der Waals surface area contributed by atoms with Crippen LogP contribution >= 0.6 is 0 Å². The Morgan fingerprint density at radius 3 is 2.86 bits per heavy atom. The molecule has 80 valence electrons. The summed E-state index contributed by atoms with van der Waals surface area (Å²) >= 11 is 0. The fraction of sp³-hybridized carbons (Fsp3) is 0.727. The summed E-state index contributed by atoms with van der Waals surface area (Å²) in [6.45, 7) is 12.0. The highest BCUT2D eigenvalue weighted by molar-refractivity contribution is 5.81. The van der Waals surface area contributed by atoms with Crippen LogP contribution in [-0.4, -0.2) is 29.5 Å². The molecule has 1 aliphatic rings. The third-order valence-corrected chi connectivity index (χ3v) is 2.67. The zero-order chi connectivity index (χ0) is 10.8. The van der Waals surface area contributed by atoms with E-state index in [1.165, 1.54) is 0 Å². The van der Waals surface area contributed by atoms with Gasteiger partial charge in [0, 0.05) is 6.54 Å². The molecule has 3 heteroatoms. The van der Waals surface area contributed by atoms with Crippen LogP contribution in [0.2, 0.25) is 0 Å². The van der Waals surface area contributed by atoms with Crippen molar-refractivity contribution >= 4 is 5.96 Å². The monoisotopic (exact) mass is 195 g/mol. The standard InChI is InChI=1S/C11H21N3/c1-5-6-14-10(12)13-8-11(14,4)7-9(2)3/h5,9H,1,6-8H2,2-4H3,(H2,12,13). The number of nitrogens with two attached hydrogens (primary N) is 1. The summed E-state index contributed by atoms with van der Waals surface area (Å²) in [6.07, 6.45) is 3.00. The van der Waals surface area contributed by atoms with Gasteiger partial charge in [-0.3, -0.25) is 4.99 Å².